The summed E-state index contributed by atoms with van der Waals surface area (Å²) in [5.41, 5.74) is 0.614. The van der Waals surface area contributed by atoms with Crippen LogP contribution in [0.15, 0.2) is 42.5 Å². The summed E-state index contributed by atoms with van der Waals surface area (Å²) in [6.45, 7) is 5.84. The fourth-order valence-electron chi connectivity index (χ4n) is 2.59. The minimum atomic E-state index is -4.54. The molecule has 1 unspecified atom stereocenters. The lowest BCUT2D eigenvalue weighted by molar-refractivity contribution is -0.137. The second kappa shape index (κ2) is 8.77. The van der Waals surface area contributed by atoms with Gasteiger partial charge in [0.2, 0.25) is 0 Å². The molecule has 0 heterocycles. The van der Waals surface area contributed by atoms with E-state index in [0.717, 1.165) is 23.8 Å². The number of alkyl halides is 3. The third-order valence-corrected chi connectivity index (χ3v) is 3.93. The number of benzene rings is 2. The highest BCUT2D eigenvalue weighted by molar-refractivity contribution is 6.39. The first-order valence-corrected chi connectivity index (χ1v) is 8.64. The number of hydrogen-bond acceptors (Lipinski definition) is 3. The molecule has 0 saturated carbocycles. The Bertz CT molecular complexity index is 866. The predicted octanol–water partition coefficient (Wildman–Crippen LogP) is 4.23. The Morgan fingerprint density at radius 3 is 2.46 bits per heavy atom. The van der Waals surface area contributed by atoms with E-state index in [2.05, 4.69) is 10.6 Å². The second-order valence-corrected chi connectivity index (χ2v) is 6.20. The van der Waals surface area contributed by atoms with E-state index in [-0.39, 0.29) is 5.69 Å². The van der Waals surface area contributed by atoms with Gasteiger partial charge in [0, 0.05) is 11.3 Å². The lowest BCUT2D eigenvalue weighted by Gasteiger charge is -2.18. The van der Waals surface area contributed by atoms with Crippen molar-refractivity contribution in [1.29, 1.82) is 0 Å². The minimum Gasteiger partial charge on any atom is -0.494 e. The molecule has 0 fully saturated rings. The zero-order valence-electron chi connectivity index (χ0n) is 15.7. The minimum absolute atomic E-state index is 0.117. The van der Waals surface area contributed by atoms with E-state index < -0.39 is 29.6 Å². The molecule has 5 nitrogen and oxygen atoms in total. The van der Waals surface area contributed by atoms with E-state index in [1.807, 2.05) is 26.0 Å². The van der Waals surface area contributed by atoms with Crippen LogP contribution in [0, 0.1) is 6.92 Å². The van der Waals surface area contributed by atoms with Crippen molar-refractivity contribution >= 4 is 17.5 Å². The third-order valence-electron chi connectivity index (χ3n) is 3.93. The number of halogens is 3. The number of carbonyl (C=O) groups is 2. The zero-order valence-corrected chi connectivity index (χ0v) is 15.7. The number of aryl methyl sites for hydroxylation is 1. The summed E-state index contributed by atoms with van der Waals surface area (Å²) in [4.78, 5) is 24.3. The molecule has 1 atom stereocenters. The standard InChI is InChI=1S/C20H21F3N2O3/c1-4-28-17-9-8-12(2)10-16(17)13(3)24-18(26)19(27)25-15-7-5-6-14(11-15)20(21,22)23/h5-11,13H,4H2,1-3H3,(H,24,26)(H,25,27). The van der Waals surface area contributed by atoms with Crippen molar-refractivity contribution in [1.82, 2.24) is 5.32 Å². The molecule has 2 aromatic rings. The van der Waals surface area contributed by atoms with Gasteiger partial charge in [0.05, 0.1) is 18.2 Å². The monoisotopic (exact) mass is 394 g/mol. The molecular weight excluding hydrogens is 373 g/mol. The first-order chi connectivity index (χ1) is 13.1. The van der Waals surface area contributed by atoms with Crippen LogP contribution >= 0.6 is 0 Å². The van der Waals surface area contributed by atoms with Crippen LogP contribution in [0.4, 0.5) is 18.9 Å². The van der Waals surface area contributed by atoms with Crippen LogP contribution in [0.25, 0.3) is 0 Å². The zero-order chi connectivity index (χ0) is 20.9. The molecular formula is C20H21F3N2O3. The molecule has 0 radical (unpaired) electrons. The average molecular weight is 394 g/mol. The Hall–Kier alpha value is -3.03. The number of nitrogens with one attached hydrogen (secondary N) is 2. The Kier molecular flexibility index (Phi) is 6.66. The predicted molar refractivity (Wildman–Crippen MR) is 99.0 cm³/mol. The van der Waals surface area contributed by atoms with Gasteiger partial charge in [0.25, 0.3) is 0 Å². The van der Waals surface area contributed by atoms with Crippen LogP contribution in [0.2, 0.25) is 0 Å². The quantitative estimate of drug-likeness (QED) is 0.746. The summed E-state index contributed by atoms with van der Waals surface area (Å²) >= 11 is 0. The SMILES string of the molecule is CCOc1ccc(C)cc1C(C)NC(=O)C(=O)Nc1cccc(C(F)(F)F)c1. The normalized spacial score (nSPS) is 12.2. The molecule has 0 aliphatic carbocycles. The van der Waals surface area contributed by atoms with Gasteiger partial charge in [-0.1, -0.05) is 23.8 Å². The molecule has 8 heteroatoms. The number of rotatable bonds is 5. The van der Waals surface area contributed by atoms with Crippen LogP contribution < -0.4 is 15.4 Å². The molecule has 2 N–H and O–H groups in total. The van der Waals surface area contributed by atoms with E-state index in [9.17, 15) is 22.8 Å². The maximum absolute atomic E-state index is 12.8. The maximum Gasteiger partial charge on any atom is 0.416 e. The van der Waals surface area contributed by atoms with Crippen LogP contribution in [0.1, 0.15) is 36.6 Å². The molecule has 0 aliphatic heterocycles. The van der Waals surface area contributed by atoms with Gasteiger partial charge in [-0.2, -0.15) is 13.2 Å². The maximum atomic E-state index is 12.8. The van der Waals surface area contributed by atoms with Crippen molar-refractivity contribution < 1.29 is 27.5 Å². The number of anilines is 1. The number of carbonyl (C=O) groups excluding carboxylic acids is 2. The first kappa shape index (κ1) is 21.3. The van der Waals surface area contributed by atoms with Crippen LogP contribution in [-0.4, -0.2) is 18.4 Å². The molecule has 2 rings (SSSR count). The molecule has 0 saturated heterocycles. The van der Waals surface area contributed by atoms with E-state index >= 15 is 0 Å². The van der Waals surface area contributed by atoms with E-state index in [1.165, 1.54) is 6.07 Å². The largest absolute Gasteiger partial charge is 0.494 e. The van der Waals surface area contributed by atoms with Crippen molar-refractivity contribution in [3.8, 4) is 5.75 Å². The van der Waals surface area contributed by atoms with Gasteiger partial charge in [-0.15, -0.1) is 0 Å². The highest BCUT2D eigenvalue weighted by Gasteiger charge is 2.30. The fraction of sp³-hybridized carbons (Fsp3) is 0.300. The molecule has 28 heavy (non-hydrogen) atoms. The highest BCUT2D eigenvalue weighted by atomic mass is 19.4. The van der Waals surface area contributed by atoms with Gasteiger partial charge >= 0.3 is 18.0 Å². The van der Waals surface area contributed by atoms with Gasteiger partial charge in [-0.3, -0.25) is 9.59 Å². The fourth-order valence-corrected chi connectivity index (χ4v) is 2.59. The molecule has 0 aromatic heterocycles. The van der Waals surface area contributed by atoms with E-state index in [0.29, 0.717) is 17.9 Å². The van der Waals surface area contributed by atoms with Crippen molar-refractivity contribution in [2.45, 2.75) is 33.0 Å². The summed E-state index contributed by atoms with van der Waals surface area (Å²) in [6.07, 6.45) is -4.54. The van der Waals surface area contributed by atoms with Gasteiger partial charge in [-0.25, -0.2) is 0 Å². The molecule has 0 aliphatic rings. The van der Waals surface area contributed by atoms with Gasteiger partial charge in [0.1, 0.15) is 5.75 Å². The molecule has 0 spiro atoms. The summed E-state index contributed by atoms with van der Waals surface area (Å²) in [5.74, 6) is -1.44. The number of amides is 2. The Labute approximate surface area is 160 Å². The first-order valence-electron chi connectivity index (χ1n) is 8.64. The van der Waals surface area contributed by atoms with Crippen molar-refractivity contribution in [3.63, 3.8) is 0 Å². The molecule has 2 aromatic carbocycles. The second-order valence-electron chi connectivity index (χ2n) is 6.20. The molecule has 2 amide bonds. The lowest BCUT2D eigenvalue weighted by Crippen LogP contribution is -2.37. The number of hydrogen-bond donors (Lipinski definition) is 2. The Morgan fingerprint density at radius 1 is 1.11 bits per heavy atom. The van der Waals surface area contributed by atoms with Crippen molar-refractivity contribution in [3.05, 3.63) is 59.2 Å². The van der Waals surface area contributed by atoms with Crippen molar-refractivity contribution in [2.75, 3.05) is 11.9 Å². The Morgan fingerprint density at radius 2 is 1.82 bits per heavy atom. The number of ether oxygens (including phenoxy) is 1. The summed E-state index contributed by atoms with van der Waals surface area (Å²) < 4.78 is 43.8. The third kappa shape index (κ3) is 5.48. The lowest BCUT2D eigenvalue weighted by atomic mass is 10.0. The molecule has 0 bridgehead atoms. The van der Waals surface area contributed by atoms with E-state index in [4.69, 9.17) is 4.74 Å². The van der Waals surface area contributed by atoms with E-state index in [1.54, 1.807) is 13.0 Å². The van der Waals surface area contributed by atoms with Gasteiger partial charge < -0.3 is 15.4 Å². The van der Waals surface area contributed by atoms with Gasteiger partial charge in [-0.05, 0) is 45.0 Å². The van der Waals surface area contributed by atoms with Crippen LogP contribution in [0.3, 0.4) is 0 Å². The Balaban J connectivity index is 2.09. The summed E-state index contributed by atoms with van der Waals surface area (Å²) in [6, 6.07) is 9.01. The summed E-state index contributed by atoms with van der Waals surface area (Å²) in [7, 11) is 0. The molecule has 150 valence electrons. The van der Waals surface area contributed by atoms with Gasteiger partial charge in [0.15, 0.2) is 0 Å². The summed E-state index contributed by atoms with van der Waals surface area (Å²) in [5, 5.41) is 4.71. The topological polar surface area (TPSA) is 67.4 Å². The van der Waals surface area contributed by atoms with Crippen LogP contribution in [0.5, 0.6) is 5.75 Å². The highest BCUT2D eigenvalue weighted by Crippen LogP contribution is 2.30. The smallest absolute Gasteiger partial charge is 0.416 e. The van der Waals surface area contributed by atoms with Crippen molar-refractivity contribution in [2.24, 2.45) is 0 Å². The average Bonchev–Trinajstić information content (AvgIpc) is 2.62. The van der Waals surface area contributed by atoms with Crippen LogP contribution in [-0.2, 0) is 15.8 Å².